The number of carbonyl (C=O) groups is 1. The van der Waals surface area contributed by atoms with E-state index in [0.717, 1.165) is 4.68 Å². The van der Waals surface area contributed by atoms with Crippen LogP contribution in [0.25, 0.3) is 0 Å². The zero-order valence-electron chi connectivity index (χ0n) is 12.9. The number of nitrogens with one attached hydrogen (secondary N) is 3. The number of alkyl halides is 3. The maximum atomic E-state index is 12.6. The zero-order chi connectivity index (χ0) is 18.1. The van der Waals surface area contributed by atoms with Crippen molar-refractivity contribution in [3.8, 4) is 0 Å². The Kier molecular flexibility index (Phi) is 4.78. The average molecular weight is 361 g/mol. The van der Waals surface area contributed by atoms with Gasteiger partial charge in [0.05, 0.1) is 11.4 Å². The van der Waals surface area contributed by atoms with Gasteiger partial charge in [-0.15, -0.1) is 0 Å². The number of hydrogen-bond acceptors (Lipinski definition) is 4. The van der Waals surface area contributed by atoms with Crippen molar-refractivity contribution in [2.24, 2.45) is 14.1 Å². The van der Waals surface area contributed by atoms with Crippen LogP contribution >= 0.6 is 12.2 Å². The lowest BCUT2D eigenvalue weighted by atomic mass is 10.3. The van der Waals surface area contributed by atoms with E-state index in [4.69, 9.17) is 12.2 Å². The number of nitrogens with zero attached hydrogens (tertiary/aromatic N) is 4. The number of hydrogen-bond donors (Lipinski definition) is 3. The van der Waals surface area contributed by atoms with Crippen LogP contribution in [0.5, 0.6) is 0 Å². The molecule has 2 aromatic heterocycles. The first kappa shape index (κ1) is 17.7. The van der Waals surface area contributed by atoms with Crippen LogP contribution in [-0.2, 0) is 20.3 Å². The maximum Gasteiger partial charge on any atom is 0.435 e. The van der Waals surface area contributed by atoms with Crippen molar-refractivity contribution in [1.82, 2.24) is 30.4 Å². The minimum Gasteiger partial charge on any atom is -0.329 e. The molecule has 8 nitrogen and oxygen atoms in total. The fourth-order valence-electron chi connectivity index (χ4n) is 1.87. The molecular formula is C12H14F3N7OS. The summed E-state index contributed by atoms with van der Waals surface area (Å²) in [5, 5.41) is 10.2. The second-order valence-electron chi connectivity index (χ2n) is 4.87. The van der Waals surface area contributed by atoms with Gasteiger partial charge in [-0.25, -0.2) is 0 Å². The number of amides is 1. The Morgan fingerprint density at radius 2 is 1.92 bits per heavy atom. The minimum absolute atomic E-state index is 0.0534. The van der Waals surface area contributed by atoms with Gasteiger partial charge in [-0.2, -0.15) is 23.4 Å². The topological polar surface area (TPSA) is 88.8 Å². The van der Waals surface area contributed by atoms with E-state index in [9.17, 15) is 18.0 Å². The van der Waals surface area contributed by atoms with E-state index in [1.807, 2.05) is 0 Å². The van der Waals surface area contributed by atoms with Gasteiger partial charge in [0.25, 0.3) is 5.91 Å². The van der Waals surface area contributed by atoms with Crippen molar-refractivity contribution in [1.29, 1.82) is 0 Å². The third-order valence-corrected chi connectivity index (χ3v) is 3.16. The molecule has 130 valence electrons. The Labute approximate surface area is 140 Å². The van der Waals surface area contributed by atoms with Crippen LogP contribution in [-0.4, -0.2) is 30.6 Å². The maximum absolute atomic E-state index is 12.6. The van der Waals surface area contributed by atoms with Crippen LogP contribution in [0, 0.1) is 6.92 Å². The highest BCUT2D eigenvalue weighted by atomic mass is 32.1. The summed E-state index contributed by atoms with van der Waals surface area (Å²) in [5.41, 5.74) is 4.50. The number of aryl methyl sites for hydroxylation is 3. The number of rotatable bonds is 2. The predicted octanol–water partition coefficient (Wildman–Crippen LogP) is 1.11. The zero-order valence-corrected chi connectivity index (χ0v) is 13.7. The van der Waals surface area contributed by atoms with Crippen LogP contribution in [0.2, 0.25) is 0 Å². The largest absolute Gasteiger partial charge is 0.435 e. The molecule has 12 heteroatoms. The van der Waals surface area contributed by atoms with Crippen LogP contribution in [0.15, 0.2) is 12.3 Å². The summed E-state index contributed by atoms with van der Waals surface area (Å²) in [6, 6.07) is 0.652. The standard InChI is InChI=1S/C12H14F3N7OS/c1-6-7(5-21(2)19-6)16-11(24)18-17-10(23)8-4-9(12(13,14)15)20-22(8)3/h4-5H,1-3H3,(H,17,23)(H2,16,18,24). The summed E-state index contributed by atoms with van der Waals surface area (Å²) >= 11 is 4.99. The van der Waals surface area contributed by atoms with Crippen LogP contribution in [0.4, 0.5) is 18.9 Å². The third-order valence-electron chi connectivity index (χ3n) is 2.95. The van der Waals surface area contributed by atoms with Crippen molar-refractivity contribution in [2.45, 2.75) is 13.1 Å². The molecule has 3 N–H and O–H groups in total. The monoisotopic (exact) mass is 361 g/mol. The molecule has 24 heavy (non-hydrogen) atoms. The molecule has 0 fully saturated rings. The first-order chi connectivity index (χ1) is 11.1. The van der Waals surface area contributed by atoms with Crippen LogP contribution in [0.1, 0.15) is 21.9 Å². The molecule has 0 bridgehead atoms. The fourth-order valence-corrected chi connectivity index (χ4v) is 2.03. The second-order valence-corrected chi connectivity index (χ2v) is 5.28. The van der Waals surface area contributed by atoms with E-state index >= 15 is 0 Å². The Bertz CT molecular complexity index is 780. The van der Waals surface area contributed by atoms with E-state index in [0.29, 0.717) is 17.4 Å². The number of thiocarbonyl (C=S) groups is 1. The summed E-state index contributed by atoms with van der Waals surface area (Å²) in [7, 11) is 2.97. The van der Waals surface area contributed by atoms with Crippen LogP contribution < -0.4 is 16.2 Å². The van der Waals surface area contributed by atoms with Gasteiger partial charge in [0.1, 0.15) is 5.69 Å². The van der Waals surface area contributed by atoms with Gasteiger partial charge in [0.2, 0.25) is 0 Å². The number of carbonyl (C=O) groups excluding carboxylic acids is 1. The lowest BCUT2D eigenvalue weighted by Crippen LogP contribution is -2.44. The van der Waals surface area contributed by atoms with E-state index in [1.54, 1.807) is 24.9 Å². The molecule has 0 aromatic carbocycles. The van der Waals surface area contributed by atoms with E-state index in [-0.39, 0.29) is 10.8 Å². The summed E-state index contributed by atoms with van der Waals surface area (Å²) in [6.07, 6.45) is -2.94. The summed E-state index contributed by atoms with van der Waals surface area (Å²) in [6.45, 7) is 1.76. The molecule has 1 amide bonds. The van der Waals surface area contributed by atoms with Crippen molar-refractivity contribution in [2.75, 3.05) is 5.32 Å². The first-order valence-corrected chi connectivity index (χ1v) is 6.97. The van der Waals surface area contributed by atoms with Crippen molar-refractivity contribution in [3.63, 3.8) is 0 Å². The molecule has 0 aliphatic rings. The second kappa shape index (κ2) is 6.47. The molecule has 2 heterocycles. The molecule has 0 radical (unpaired) electrons. The van der Waals surface area contributed by atoms with Gasteiger partial charge in [-0.1, -0.05) is 0 Å². The normalized spacial score (nSPS) is 11.2. The van der Waals surface area contributed by atoms with Crippen LogP contribution in [0.3, 0.4) is 0 Å². The van der Waals surface area contributed by atoms with Gasteiger partial charge in [0.15, 0.2) is 10.8 Å². The van der Waals surface area contributed by atoms with Gasteiger partial charge < -0.3 is 5.32 Å². The summed E-state index contributed by atoms with van der Waals surface area (Å²) < 4.78 is 40.1. The van der Waals surface area contributed by atoms with E-state index < -0.39 is 17.8 Å². The third kappa shape index (κ3) is 4.01. The number of anilines is 1. The highest BCUT2D eigenvalue weighted by Gasteiger charge is 2.35. The van der Waals surface area contributed by atoms with E-state index in [1.165, 1.54) is 7.05 Å². The SMILES string of the molecule is Cc1nn(C)cc1NC(=S)NNC(=O)c1cc(C(F)(F)F)nn1C. The molecule has 0 atom stereocenters. The van der Waals surface area contributed by atoms with E-state index in [2.05, 4.69) is 26.4 Å². The molecule has 0 aliphatic carbocycles. The lowest BCUT2D eigenvalue weighted by Gasteiger charge is -2.10. The molecule has 2 aromatic rings. The Balaban J connectivity index is 1.97. The van der Waals surface area contributed by atoms with Crippen molar-refractivity contribution >= 4 is 28.9 Å². The lowest BCUT2D eigenvalue weighted by molar-refractivity contribution is -0.141. The first-order valence-electron chi connectivity index (χ1n) is 6.56. The number of hydrazine groups is 1. The van der Waals surface area contributed by atoms with Gasteiger partial charge in [0, 0.05) is 26.4 Å². The molecular weight excluding hydrogens is 347 g/mol. The van der Waals surface area contributed by atoms with Gasteiger partial charge >= 0.3 is 6.18 Å². The molecule has 0 saturated heterocycles. The Morgan fingerprint density at radius 1 is 1.25 bits per heavy atom. The highest BCUT2D eigenvalue weighted by molar-refractivity contribution is 7.80. The fraction of sp³-hybridized carbons (Fsp3) is 0.333. The summed E-state index contributed by atoms with van der Waals surface area (Å²) in [4.78, 5) is 11.9. The minimum atomic E-state index is -4.63. The van der Waals surface area contributed by atoms with Crippen molar-refractivity contribution < 1.29 is 18.0 Å². The van der Waals surface area contributed by atoms with Crippen molar-refractivity contribution in [3.05, 3.63) is 29.3 Å². The smallest absolute Gasteiger partial charge is 0.329 e. The van der Waals surface area contributed by atoms with Gasteiger partial charge in [-0.3, -0.25) is 25.0 Å². The molecule has 0 aliphatic heterocycles. The predicted molar refractivity (Wildman–Crippen MR) is 83.0 cm³/mol. The molecule has 2 rings (SSSR count). The Hall–Kier alpha value is -2.63. The molecule has 0 saturated carbocycles. The highest BCUT2D eigenvalue weighted by Crippen LogP contribution is 2.28. The quantitative estimate of drug-likeness (QED) is 0.549. The number of aromatic nitrogens is 4. The Morgan fingerprint density at radius 3 is 2.42 bits per heavy atom. The summed E-state index contributed by atoms with van der Waals surface area (Å²) in [5.74, 6) is -0.812. The number of halogens is 3. The van der Waals surface area contributed by atoms with Gasteiger partial charge in [-0.05, 0) is 19.1 Å². The average Bonchev–Trinajstić information content (AvgIpc) is 2.99. The molecule has 0 spiro atoms. The molecule has 0 unspecified atom stereocenters.